The number of benzene rings is 1. The molecule has 0 bridgehead atoms. The summed E-state index contributed by atoms with van der Waals surface area (Å²) in [6.45, 7) is 1.87. The Kier molecular flexibility index (Phi) is 8.48. The Balaban J connectivity index is 0.00000144. The molecule has 8 heteroatoms. The van der Waals surface area contributed by atoms with Crippen LogP contribution in [-0.2, 0) is 0 Å². The van der Waals surface area contributed by atoms with Gasteiger partial charge in [-0.2, -0.15) is 0 Å². The normalized spacial score (nSPS) is 16.5. The maximum absolute atomic E-state index is 12.2. The van der Waals surface area contributed by atoms with Gasteiger partial charge in [-0.05, 0) is 43.7 Å². The lowest BCUT2D eigenvalue weighted by Crippen LogP contribution is -2.45. The van der Waals surface area contributed by atoms with Gasteiger partial charge in [-0.25, -0.2) is 4.98 Å². The third-order valence-electron chi connectivity index (χ3n) is 3.71. The van der Waals surface area contributed by atoms with Crippen LogP contribution >= 0.6 is 36.2 Å². The van der Waals surface area contributed by atoms with E-state index >= 15 is 0 Å². The fourth-order valence-electron chi connectivity index (χ4n) is 2.48. The van der Waals surface area contributed by atoms with E-state index in [0.29, 0.717) is 5.69 Å². The highest BCUT2D eigenvalue weighted by molar-refractivity contribution is 7.13. The molecule has 1 aliphatic rings. The first-order valence-electron chi connectivity index (χ1n) is 7.38. The molecule has 0 saturated carbocycles. The number of carbonyl (C=O) groups is 1. The van der Waals surface area contributed by atoms with E-state index in [1.54, 1.807) is 7.11 Å². The number of rotatable bonds is 4. The number of nitrogens with one attached hydrogen (secondary N) is 2. The summed E-state index contributed by atoms with van der Waals surface area (Å²) in [5, 5.41) is 8.98. The minimum Gasteiger partial charge on any atom is -0.497 e. The van der Waals surface area contributed by atoms with Gasteiger partial charge in [-0.15, -0.1) is 36.2 Å². The first kappa shape index (κ1) is 20.7. The molecule has 1 saturated heterocycles. The van der Waals surface area contributed by atoms with Crippen molar-refractivity contribution in [1.29, 1.82) is 0 Å². The summed E-state index contributed by atoms with van der Waals surface area (Å²) in [4.78, 5) is 16.7. The first-order chi connectivity index (χ1) is 10.8. The molecule has 1 aromatic heterocycles. The van der Waals surface area contributed by atoms with E-state index in [0.717, 1.165) is 42.3 Å². The molecule has 3 rings (SSSR count). The van der Waals surface area contributed by atoms with Crippen LogP contribution in [-0.4, -0.2) is 37.1 Å². The van der Waals surface area contributed by atoms with Gasteiger partial charge in [0.2, 0.25) is 0 Å². The molecule has 2 heterocycles. The number of nitrogens with zero attached hydrogens (tertiary/aromatic N) is 1. The Morgan fingerprint density at radius 2 is 2.08 bits per heavy atom. The number of aromatic nitrogens is 1. The number of ether oxygens (including phenoxy) is 1. The summed E-state index contributed by atoms with van der Waals surface area (Å²) >= 11 is 1.48. The molecular weight excluding hydrogens is 369 g/mol. The quantitative estimate of drug-likeness (QED) is 0.842. The molecule has 1 fully saturated rings. The molecule has 0 unspecified atom stereocenters. The van der Waals surface area contributed by atoms with Crippen LogP contribution in [0.3, 0.4) is 0 Å². The predicted molar refractivity (Wildman–Crippen MR) is 102 cm³/mol. The van der Waals surface area contributed by atoms with Gasteiger partial charge < -0.3 is 15.4 Å². The van der Waals surface area contributed by atoms with Crippen molar-refractivity contribution < 1.29 is 9.53 Å². The Morgan fingerprint density at radius 3 is 2.71 bits per heavy atom. The first-order valence-corrected chi connectivity index (χ1v) is 8.26. The highest BCUT2D eigenvalue weighted by atomic mass is 35.5. The zero-order valence-electron chi connectivity index (χ0n) is 13.3. The van der Waals surface area contributed by atoms with Crippen LogP contribution in [0.5, 0.6) is 5.75 Å². The van der Waals surface area contributed by atoms with E-state index in [2.05, 4.69) is 15.6 Å². The number of carbonyl (C=O) groups excluding carboxylic acids is 1. The van der Waals surface area contributed by atoms with Gasteiger partial charge in [0.25, 0.3) is 5.91 Å². The number of hydrogen-bond donors (Lipinski definition) is 2. The highest BCUT2D eigenvalue weighted by Crippen LogP contribution is 2.25. The van der Waals surface area contributed by atoms with Crippen LogP contribution in [0.2, 0.25) is 0 Å². The van der Waals surface area contributed by atoms with Crippen molar-refractivity contribution in [2.24, 2.45) is 0 Å². The largest absolute Gasteiger partial charge is 0.497 e. The number of halogens is 2. The molecule has 0 aliphatic carbocycles. The standard InChI is InChI=1S/C16H19N3O2S.2ClH/c1-21-13-6-4-11(5-7-13)16-19-14(10-22-16)15(20)18-12-3-2-8-17-9-12;;/h4-7,10,12,17H,2-3,8-9H2,1H3,(H,18,20);2*1H/t12-;;/m0../s1. The van der Waals surface area contributed by atoms with Crippen molar-refractivity contribution in [2.75, 3.05) is 20.2 Å². The third kappa shape index (κ3) is 5.08. The van der Waals surface area contributed by atoms with E-state index in [4.69, 9.17) is 4.74 Å². The Labute approximate surface area is 158 Å². The number of methoxy groups -OCH3 is 1. The Hall–Kier alpha value is -1.34. The molecule has 2 N–H and O–H groups in total. The topological polar surface area (TPSA) is 63.2 Å². The lowest BCUT2D eigenvalue weighted by Gasteiger charge is -2.23. The zero-order valence-corrected chi connectivity index (χ0v) is 15.7. The van der Waals surface area contributed by atoms with Crippen molar-refractivity contribution >= 4 is 42.1 Å². The molecule has 5 nitrogen and oxygen atoms in total. The second-order valence-corrected chi connectivity index (χ2v) is 6.14. The van der Waals surface area contributed by atoms with E-state index in [-0.39, 0.29) is 36.8 Å². The van der Waals surface area contributed by atoms with Gasteiger partial charge in [0.05, 0.1) is 7.11 Å². The molecule has 2 aromatic rings. The van der Waals surface area contributed by atoms with Crippen LogP contribution in [0.25, 0.3) is 10.6 Å². The summed E-state index contributed by atoms with van der Waals surface area (Å²) < 4.78 is 5.15. The second-order valence-electron chi connectivity index (χ2n) is 5.28. The van der Waals surface area contributed by atoms with Crippen LogP contribution < -0.4 is 15.4 Å². The van der Waals surface area contributed by atoms with Crippen LogP contribution in [0, 0.1) is 0 Å². The fraction of sp³-hybridized carbons (Fsp3) is 0.375. The van der Waals surface area contributed by atoms with Crippen LogP contribution in [0.4, 0.5) is 0 Å². The van der Waals surface area contributed by atoms with Crippen molar-refractivity contribution in [2.45, 2.75) is 18.9 Å². The molecule has 24 heavy (non-hydrogen) atoms. The number of amides is 1. The highest BCUT2D eigenvalue weighted by Gasteiger charge is 2.18. The molecule has 1 aliphatic heterocycles. The average molecular weight is 390 g/mol. The summed E-state index contributed by atoms with van der Waals surface area (Å²) in [5.74, 6) is 0.716. The minimum atomic E-state index is -0.0929. The van der Waals surface area contributed by atoms with Crippen molar-refractivity contribution in [1.82, 2.24) is 15.6 Å². The van der Waals surface area contributed by atoms with E-state index in [9.17, 15) is 4.79 Å². The Morgan fingerprint density at radius 1 is 1.33 bits per heavy atom. The van der Waals surface area contributed by atoms with Gasteiger partial charge in [-0.1, -0.05) is 0 Å². The molecule has 1 atom stereocenters. The number of hydrogen-bond acceptors (Lipinski definition) is 5. The summed E-state index contributed by atoms with van der Waals surface area (Å²) in [6.07, 6.45) is 2.12. The fourth-order valence-corrected chi connectivity index (χ4v) is 3.28. The molecule has 1 aromatic carbocycles. The summed E-state index contributed by atoms with van der Waals surface area (Å²) in [6, 6.07) is 7.88. The van der Waals surface area contributed by atoms with Gasteiger partial charge in [0, 0.05) is 23.5 Å². The van der Waals surface area contributed by atoms with E-state index in [1.165, 1.54) is 11.3 Å². The SMILES string of the molecule is COc1ccc(-c2nc(C(=O)N[C@H]3CCCNC3)cs2)cc1.Cl.Cl. The van der Waals surface area contributed by atoms with Crippen LogP contribution in [0.15, 0.2) is 29.6 Å². The van der Waals surface area contributed by atoms with Crippen molar-refractivity contribution in [3.8, 4) is 16.3 Å². The molecule has 1 amide bonds. The molecular formula is C16H21Cl2N3O2S. The van der Waals surface area contributed by atoms with E-state index in [1.807, 2.05) is 29.6 Å². The van der Waals surface area contributed by atoms with Crippen LogP contribution in [0.1, 0.15) is 23.3 Å². The van der Waals surface area contributed by atoms with Gasteiger partial charge in [-0.3, -0.25) is 4.79 Å². The third-order valence-corrected chi connectivity index (χ3v) is 4.60. The molecule has 0 spiro atoms. The number of thiazole rings is 1. The molecule has 132 valence electrons. The monoisotopic (exact) mass is 389 g/mol. The summed E-state index contributed by atoms with van der Waals surface area (Å²) in [7, 11) is 1.64. The average Bonchev–Trinajstić information content (AvgIpc) is 3.06. The molecule has 0 radical (unpaired) electrons. The number of piperidine rings is 1. The van der Waals surface area contributed by atoms with Gasteiger partial charge in [0.15, 0.2) is 0 Å². The van der Waals surface area contributed by atoms with Gasteiger partial charge in [0.1, 0.15) is 16.5 Å². The maximum atomic E-state index is 12.2. The van der Waals surface area contributed by atoms with E-state index < -0.39 is 0 Å². The minimum absolute atomic E-state index is 0. The second kappa shape index (κ2) is 9.84. The summed E-state index contributed by atoms with van der Waals surface area (Å²) in [5.41, 5.74) is 1.48. The maximum Gasteiger partial charge on any atom is 0.271 e. The van der Waals surface area contributed by atoms with Gasteiger partial charge >= 0.3 is 0 Å². The Bertz CT molecular complexity index is 643. The zero-order chi connectivity index (χ0) is 15.4. The lowest BCUT2D eigenvalue weighted by atomic mass is 10.1. The van der Waals surface area contributed by atoms with Crippen molar-refractivity contribution in [3.05, 3.63) is 35.3 Å². The lowest BCUT2D eigenvalue weighted by molar-refractivity contribution is 0.0926. The predicted octanol–water partition coefficient (Wildman–Crippen LogP) is 3.14. The smallest absolute Gasteiger partial charge is 0.271 e. The van der Waals surface area contributed by atoms with Crippen molar-refractivity contribution in [3.63, 3.8) is 0 Å².